The van der Waals surface area contributed by atoms with Crippen molar-refractivity contribution >= 4 is 17.8 Å². The highest BCUT2D eigenvalue weighted by Gasteiger charge is 2.63. The first-order valence-corrected chi connectivity index (χ1v) is 42.1. The molecule has 4 aliphatic carbocycles. The van der Waals surface area contributed by atoms with Crippen LogP contribution in [-0.2, 0) is 14.4 Å². The molecule has 0 spiro atoms. The van der Waals surface area contributed by atoms with Gasteiger partial charge in [0.15, 0.2) is 0 Å². The van der Waals surface area contributed by atoms with Crippen LogP contribution in [-0.4, -0.2) is 34.1 Å². The van der Waals surface area contributed by atoms with Crippen LogP contribution in [0, 0.1) is 63.1 Å². The molecule has 1 amide bonds. The first-order chi connectivity index (χ1) is 44.6. The van der Waals surface area contributed by atoms with Crippen LogP contribution in [0.15, 0.2) is 11.6 Å². The molecule has 3 fully saturated rings. The number of amides is 1. The first-order valence-electron chi connectivity index (χ1n) is 42.1. The number of carboxylic acid groups (broad SMARTS) is 2. The van der Waals surface area contributed by atoms with Crippen molar-refractivity contribution in [3.8, 4) is 0 Å². The molecule has 538 valence electrons. The Morgan fingerprint density at radius 1 is 0.478 bits per heavy atom. The third-order valence-corrected chi connectivity index (χ3v) is 26.3. The van der Waals surface area contributed by atoms with Gasteiger partial charge in [-0.1, -0.05) is 369 Å². The Labute approximate surface area is 573 Å². The van der Waals surface area contributed by atoms with Crippen LogP contribution >= 0.6 is 0 Å². The standard InChI is InChI=1S/C86H159NO5/c1-10-14-18-22-26-28-30-31-32-33-34-35-36-37-38-39-41-43-47-50-65-85(64-49-46-42-24-20-16-12-3,74-62-68-83(8)73(70-74)56-57-75-77-59-58-76(72(7)55-53-54-71(5)6)84(77,9)69-63-78(75)83)86(66-51-45-25-21-17-13-4,67-52-48-44-40-29-27-23-19-15-11-2)82(92)87-79(81(90)91)60-61-80(88)89/h56,71-72,74-79H,10-55,57-70H2,1-9H3,(H,87,92)(H,88,89)(H,90,91)/t72-,74?,75?,76-,77?,78?,79+,83+,84-,85?,86?/m1/s1. The molecule has 3 saturated carbocycles. The third kappa shape index (κ3) is 27.8. The van der Waals surface area contributed by atoms with Gasteiger partial charge in [-0.15, -0.1) is 0 Å². The summed E-state index contributed by atoms with van der Waals surface area (Å²) >= 11 is 0. The smallest absolute Gasteiger partial charge is 0.326 e. The number of carbonyl (C=O) groups is 3. The predicted octanol–water partition coefficient (Wildman–Crippen LogP) is 27.5. The van der Waals surface area contributed by atoms with Crippen LogP contribution in [0.3, 0.4) is 0 Å². The fourth-order valence-electron chi connectivity index (χ4n) is 20.7. The Morgan fingerprint density at radius 2 is 0.880 bits per heavy atom. The Morgan fingerprint density at radius 3 is 1.27 bits per heavy atom. The molecule has 0 radical (unpaired) electrons. The average Bonchev–Trinajstić information content (AvgIpc) is 1.12. The first kappa shape index (κ1) is 82.6. The highest BCUT2D eigenvalue weighted by molar-refractivity contribution is 5.88. The number of carbonyl (C=O) groups excluding carboxylic acids is 1. The van der Waals surface area contributed by atoms with Crippen LogP contribution in [0.1, 0.15) is 448 Å². The van der Waals surface area contributed by atoms with E-state index >= 15 is 4.79 Å². The Balaban J connectivity index is 1.72. The summed E-state index contributed by atoms with van der Waals surface area (Å²) in [5.41, 5.74) is 1.34. The van der Waals surface area contributed by atoms with E-state index in [1.165, 1.54) is 295 Å². The fraction of sp³-hybridized carbons (Fsp3) is 0.942. The Bertz CT molecular complexity index is 1930. The van der Waals surface area contributed by atoms with Crippen LogP contribution in [0.4, 0.5) is 0 Å². The molecule has 0 aromatic heterocycles. The lowest BCUT2D eigenvalue weighted by Gasteiger charge is -2.62. The van der Waals surface area contributed by atoms with E-state index in [1.807, 2.05) is 0 Å². The molecule has 4 rings (SSSR count). The number of fused-ring (bicyclic) bond motifs is 5. The van der Waals surface area contributed by atoms with Crippen molar-refractivity contribution in [1.82, 2.24) is 5.32 Å². The molecular formula is C86H159NO5. The zero-order chi connectivity index (χ0) is 66.8. The summed E-state index contributed by atoms with van der Waals surface area (Å²) < 4.78 is 0. The number of aliphatic carboxylic acids is 2. The van der Waals surface area contributed by atoms with Gasteiger partial charge in [0, 0.05) is 6.42 Å². The van der Waals surface area contributed by atoms with Gasteiger partial charge < -0.3 is 15.5 Å². The van der Waals surface area contributed by atoms with Crippen molar-refractivity contribution in [2.45, 2.75) is 454 Å². The molecule has 4 aliphatic rings. The number of rotatable bonds is 60. The molecule has 0 bridgehead atoms. The van der Waals surface area contributed by atoms with Gasteiger partial charge in [-0.3, -0.25) is 9.59 Å². The van der Waals surface area contributed by atoms with E-state index in [1.54, 1.807) is 5.57 Å². The molecule has 3 N–H and O–H groups in total. The SMILES string of the molecule is CCCCCCCCCCCCCCCCCCCCCCC(CCCCCCCCC)(C1CC[C@@]2(C)C(=CCC3C2CC[C@@]2(C)C3CC[C@@H]2[C@H](C)CCCC(C)C)C1)C(CCCCCCCC)(CCCCCCCCCCCC)C(=O)N[C@@H](CCC(=O)O)C(=O)O. The fourth-order valence-corrected chi connectivity index (χ4v) is 20.7. The van der Waals surface area contributed by atoms with Crippen molar-refractivity contribution < 1.29 is 24.6 Å². The summed E-state index contributed by atoms with van der Waals surface area (Å²) in [4.78, 5) is 42.3. The number of hydrogen-bond acceptors (Lipinski definition) is 3. The second kappa shape index (κ2) is 48.0. The molecule has 0 aliphatic heterocycles. The second-order valence-corrected chi connectivity index (χ2v) is 33.6. The van der Waals surface area contributed by atoms with E-state index in [0.29, 0.717) is 11.3 Å². The van der Waals surface area contributed by atoms with Crippen molar-refractivity contribution in [2.75, 3.05) is 0 Å². The second-order valence-electron chi connectivity index (χ2n) is 33.6. The lowest BCUT2D eigenvalue weighted by atomic mass is 9.42. The molecular weight excluding hydrogens is 1130 g/mol. The molecule has 92 heavy (non-hydrogen) atoms. The van der Waals surface area contributed by atoms with Gasteiger partial charge in [-0.25, -0.2) is 4.79 Å². The summed E-state index contributed by atoms with van der Waals surface area (Å²) in [6.45, 7) is 22.1. The topological polar surface area (TPSA) is 104 Å². The van der Waals surface area contributed by atoms with Gasteiger partial charge in [0.1, 0.15) is 6.04 Å². The number of hydrogen-bond donors (Lipinski definition) is 3. The van der Waals surface area contributed by atoms with E-state index in [4.69, 9.17) is 0 Å². The lowest BCUT2D eigenvalue weighted by molar-refractivity contribution is -0.157. The molecule has 11 atom stereocenters. The number of unbranched alkanes of at least 4 members (excludes halogenated alkanes) is 39. The minimum absolute atomic E-state index is 0.0253. The van der Waals surface area contributed by atoms with Crippen LogP contribution in [0.2, 0.25) is 0 Å². The highest BCUT2D eigenvalue weighted by atomic mass is 16.4. The van der Waals surface area contributed by atoms with Gasteiger partial charge in [0.25, 0.3) is 0 Å². The minimum Gasteiger partial charge on any atom is -0.481 e. The lowest BCUT2D eigenvalue weighted by Crippen LogP contribution is -2.59. The molecule has 6 heteroatoms. The van der Waals surface area contributed by atoms with E-state index < -0.39 is 23.4 Å². The van der Waals surface area contributed by atoms with Gasteiger partial charge in [-0.05, 0) is 141 Å². The summed E-state index contributed by atoms with van der Waals surface area (Å²) in [5, 5.41) is 24.3. The monoisotopic (exact) mass is 1290 g/mol. The Kier molecular flexibility index (Phi) is 43.1. The normalized spacial score (nSPS) is 24.1. The van der Waals surface area contributed by atoms with Crippen LogP contribution in [0.5, 0.6) is 0 Å². The zero-order valence-corrected chi connectivity index (χ0v) is 63.2. The molecule has 0 saturated heterocycles. The summed E-state index contributed by atoms with van der Waals surface area (Å²) in [6.07, 6.45) is 76.0. The number of carboxylic acids is 2. The third-order valence-electron chi connectivity index (χ3n) is 26.3. The molecule has 0 aromatic rings. The van der Waals surface area contributed by atoms with Gasteiger partial charge >= 0.3 is 11.9 Å². The minimum atomic E-state index is -1.21. The van der Waals surface area contributed by atoms with Crippen molar-refractivity contribution in [2.24, 2.45) is 63.1 Å². The molecule has 0 aromatic carbocycles. The molecule has 6 nitrogen and oxygen atoms in total. The van der Waals surface area contributed by atoms with E-state index in [-0.39, 0.29) is 29.6 Å². The summed E-state index contributed by atoms with van der Waals surface area (Å²) in [5.74, 6) is 3.00. The zero-order valence-electron chi connectivity index (χ0n) is 63.2. The van der Waals surface area contributed by atoms with E-state index in [2.05, 4.69) is 73.7 Å². The number of allylic oxidation sites excluding steroid dienone is 2. The van der Waals surface area contributed by atoms with Crippen LogP contribution in [0.25, 0.3) is 0 Å². The highest BCUT2D eigenvalue weighted by Crippen LogP contribution is 2.70. The largest absolute Gasteiger partial charge is 0.481 e. The van der Waals surface area contributed by atoms with Gasteiger partial charge in [-0.2, -0.15) is 0 Å². The molecule has 0 heterocycles. The predicted molar refractivity (Wildman–Crippen MR) is 398 cm³/mol. The Hall–Kier alpha value is -1.85. The maximum atomic E-state index is 16.7. The maximum absolute atomic E-state index is 16.7. The van der Waals surface area contributed by atoms with Gasteiger partial charge in [0.05, 0.1) is 5.41 Å². The summed E-state index contributed by atoms with van der Waals surface area (Å²) in [7, 11) is 0. The van der Waals surface area contributed by atoms with Crippen LogP contribution < -0.4 is 5.32 Å². The maximum Gasteiger partial charge on any atom is 0.326 e. The van der Waals surface area contributed by atoms with E-state index in [0.717, 1.165) is 113 Å². The quantitative estimate of drug-likeness (QED) is 0.0416. The molecule has 6 unspecified atom stereocenters. The number of nitrogens with one attached hydrogen (secondary N) is 1. The van der Waals surface area contributed by atoms with Crippen molar-refractivity contribution in [3.63, 3.8) is 0 Å². The van der Waals surface area contributed by atoms with Crippen molar-refractivity contribution in [3.05, 3.63) is 11.6 Å². The van der Waals surface area contributed by atoms with Gasteiger partial charge in [0.2, 0.25) is 5.91 Å². The van der Waals surface area contributed by atoms with E-state index in [9.17, 15) is 19.8 Å². The summed E-state index contributed by atoms with van der Waals surface area (Å²) in [6, 6.07) is -1.21. The average molecular weight is 1290 g/mol. The van der Waals surface area contributed by atoms with Crippen molar-refractivity contribution in [1.29, 1.82) is 0 Å².